The molecule has 2 N–H and O–H groups in total. The molecule has 0 aliphatic carbocycles. The molecule has 0 saturated heterocycles. The zero-order valence-electron chi connectivity index (χ0n) is 9.62. The molecule has 1 unspecified atom stereocenters. The summed E-state index contributed by atoms with van der Waals surface area (Å²) in [7, 11) is 1.66. The van der Waals surface area contributed by atoms with Gasteiger partial charge in [0.1, 0.15) is 11.5 Å². The molecular formula is C12H19NO2. The molecule has 0 spiro atoms. The molecule has 3 heteroatoms. The lowest BCUT2D eigenvalue weighted by atomic mass is 10.1. The second kappa shape index (κ2) is 5.61. The first-order chi connectivity index (χ1) is 7.19. The number of rotatable bonds is 5. The van der Waals surface area contributed by atoms with Gasteiger partial charge in [0, 0.05) is 11.6 Å². The Balaban J connectivity index is 3.02. The lowest BCUT2D eigenvalue weighted by Gasteiger charge is -2.15. The van der Waals surface area contributed by atoms with E-state index in [4.69, 9.17) is 15.2 Å². The quantitative estimate of drug-likeness (QED) is 0.806. The monoisotopic (exact) mass is 209 g/mol. The average molecular weight is 209 g/mol. The molecule has 0 heterocycles. The van der Waals surface area contributed by atoms with Crippen LogP contribution in [-0.2, 0) is 6.42 Å². The van der Waals surface area contributed by atoms with E-state index in [1.165, 1.54) is 0 Å². The topological polar surface area (TPSA) is 44.5 Å². The van der Waals surface area contributed by atoms with Gasteiger partial charge in [-0.1, -0.05) is 6.07 Å². The highest BCUT2D eigenvalue weighted by Crippen LogP contribution is 2.29. The van der Waals surface area contributed by atoms with Crippen molar-refractivity contribution in [3.05, 3.63) is 23.8 Å². The highest BCUT2D eigenvalue weighted by molar-refractivity contribution is 5.45. The lowest BCUT2D eigenvalue weighted by molar-refractivity contribution is 0.330. The second-order valence-electron chi connectivity index (χ2n) is 3.55. The molecule has 1 rings (SSSR count). The minimum Gasteiger partial charge on any atom is -0.496 e. The fraction of sp³-hybridized carbons (Fsp3) is 0.500. The van der Waals surface area contributed by atoms with Crippen LogP contribution >= 0.6 is 0 Å². The summed E-state index contributed by atoms with van der Waals surface area (Å²) in [6.45, 7) is 4.59. The number of ether oxygens (including phenoxy) is 2. The van der Waals surface area contributed by atoms with Crippen LogP contribution in [0.15, 0.2) is 18.2 Å². The van der Waals surface area contributed by atoms with Crippen LogP contribution in [0.25, 0.3) is 0 Å². The summed E-state index contributed by atoms with van der Waals surface area (Å²) in [4.78, 5) is 0. The minimum absolute atomic E-state index is 0.0977. The van der Waals surface area contributed by atoms with Gasteiger partial charge in [-0.15, -0.1) is 0 Å². The van der Waals surface area contributed by atoms with Crippen molar-refractivity contribution < 1.29 is 9.47 Å². The predicted molar refractivity (Wildman–Crippen MR) is 61.5 cm³/mol. The third kappa shape index (κ3) is 3.13. The van der Waals surface area contributed by atoms with Crippen molar-refractivity contribution >= 4 is 0 Å². The van der Waals surface area contributed by atoms with Gasteiger partial charge in [0.05, 0.1) is 13.7 Å². The van der Waals surface area contributed by atoms with Gasteiger partial charge in [-0.2, -0.15) is 0 Å². The summed E-state index contributed by atoms with van der Waals surface area (Å²) in [5, 5.41) is 0. The SMILES string of the molecule is CCOc1cccc(OC)c1CC(C)N. The number of nitrogens with two attached hydrogens (primary N) is 1. The van der Waals surface area contributed by atoms with Crippen LogP contribution < -0.4 is 15.2 Å². The molecule has 1 atom stereocenters. The van der Waals surface area contributed by atoms with Gasteiger partial charge in [-0.05, 0) is 32.4 Å². The van der Waals surface area contributed by atoms with E-state index in [9.17, 15) is 0 Å². The third-order valence-corrected chi connectivity index (χ3v) is 2.14. The number of hydrogen-bond donors (Lipinski definition) is 1. The van der Waals surface area contributed by atoms with Gasteiger partial charge in [-0.3, -0.25) is 0 Å². The van der Waals surface area contributed by atoms with Crippen molar-refractivity contribution in [2.75, 3.05) is 13.7 Å². The van der Waals surface area contributed by atoms with Crippen molar-refractivity contribution in [3.63, 3.8) is 0 Å². The standard InChI is InChI=1S/C12H19NO2/c1-4-15-12-7-5-6-11(14-3)10(12)8-9(2)13/h5-7,9H,4,8,13H2,1-3H3. The smallest absolute Gasteiger partial charge is 0.126 e. The summed E-state index contributed by atoms with van der Waals surface area (Å²) in [5.41, 5.74) is 6.85. The molecule has 1 aromatic rings. The van der Waals surface area contributed by atoms with E-state index in [0.29, 0.717) is 6.61 Å². The van der Waals surface area contributed by atoms with Crippen LogP contribution in [-0.4, -0.2) is 19.8 Å². The number of methoxy groups -OCH3 is 1. The van der Waals surface area contributed by atoms with Crippen molar-refractivity contribution in [1.82, 2.24) is 0 Å². The molecule has 0 aliphatic rings. The Morgan fingerprint density at radius 2 is 2.00 bits per heavy atom. The maximum Gasteiger partial charge on any atom is 0.126 e. The van der Waals surface area contributed by atoms with Crippen molar-refractivity contribution in [1.29, 1.82) is 0 Å². The number of benzene rings is 1. The Labute approximate surface area is 91.2 Å². The summed E-state index contributed by atoms with van der Waals surface area (Å²) < 4.78 is 10.8. The van der Waals surface area contributed by atoms with Crippen molar-refractivity contribution in [3.8, 4) is 11.5 Å². The lowest BCUT2D eigenvalue weighted by Crippen LogP contribution is -2.18. The first kappa shape index (κ1) is 11.9. The van der Waals surface area contributed by atoms with E-state index in [2.05, 4.69) is 0 Å². The van der Waals surface area contributed by atoms with Gasteiger partial charge >= 0.3 is 0 Å². The van der Waals surface area contributed by atoms with E-state index in [0.717, 1.165) is 23.5 Å². The van der Waals surface area contributed by atoms with Crippen LogP contribution in [0, 0.1) is 0 Å². The normalized spacial score (nSPS) is 12.3. The maximum absolute atomic E-state index is 5.80. The van der Waals surface area contributed by atoms with E-state index in [-0.39, 0.29) is 6.04 Å². The summed E-state index contributed by atoms with van der Waals surface area (Å²) in [6, 6.07) is 5.90. The van der Waals surface area contributed by atoms with Crippen molar-refractivity contribution in [2.24, 2.45) is 5.73 Å². The van der Waals surface area contributed by atoms with E-state index >= 15 is 0 Å². The zero-order valence-corrected chi connectivity index (χ0v) is 9.62. The highest BCUT2D eigenvalue weighted by Gasteiger charge is 2.11. The Bertz CT molecular complexity index is 310. The van der Waals surface area contributed by atoms with Gasteiger partial charge in [0.15, 0.2) is 0 Å². The van der Waals surface area contributed by atoms with Crippen LogP contribution in [0.4, 0.5) is 0 Å². The van der Waals surface area contributed by atoms with E-state index < -0.39 is 0 Å². The molecule has 0 fully saturated rings. The van der Waals surface area contributed by atoms with Gasteiger partial charge in [0.2, 0.25) is 0 Å². The van der Waals surface area contributed by atoms with Gasteiger partial charge in [-0.25, -0.2) is 0 Å². The Hall–Kier alpha value is -1.22. The molecule has 0 aliphatic heterocycles. The fourth-order valence-electron chi connectivity index (χ4n) is 1.55. The molecule has 3 nitrogen and oxygen atoms in total. The Kier molecular flexibility index (Phi) is 4.43. The largest absolute Gasteiger partial charge is 0.496 e. The Morgan fingerprint density at radius 3 is 2.53 bits per heavy atom. The summed E-state index contributed by atoms with van der Waals surface area (Å²) >= 11 is 0. The predicted octanol–water partition coefficient (Wildman–Crippen LogP) is 1.98. The zero-order chi connectivity index (χ0) is 11.3. The molecule has 0 saturated carbocycles. The van der Waals surface area contributed by atoms with Gasteiger partial charge < -0.3 is 15.2 Å². The summed E-state index contributed by atoms with van der Waals surface area (Å²) in [6.07, 6.45) is 0.763. The van der Waals surface area contributed by atoms with E-state index in [1.807, 2.05) is 32.0 Å². The number of hydrogen-bond acceptors (Lipinski definition) is 3. The summed E-state index contributed by atoms with van der Waals surface area (Å²) in [5.74, 6) is 1.72. The molecule has 15 heavy (non-hydrogen) atoms. The highest BCUT2D eigenvalue weighted by atomic mass is 16.5. The molecule has 0 bridgehead atoms. The van der Waals surface area contributed by atoms with Crippen LogP contribution in [0.2, 0.25) is 0 Å². The minimum atomic E-state index is 0.0977. The first-order valence-electron chi connectivity index (χ1n) is 5.23. The molecule has 84 valence electrons. The third-order valence-electron chi connectivity index (χ3n) is 2.14. The van der Waals surface area contributed by atoms with Gasteiger partial charge in [0.25, 0.3) is 0 Å². The molecule has 0 amide bonds. The van der Waals surface area contributed by atoms with E-state index in [1.54, 1.807) is 7.11 Å². The first-order valence-corrected chi connectivity index (χ1v) is 5.23. The second-order valence-corrected chi connectivity index (χ2v) is 3.55. The Morgan fingerprint density at radius 1 is 1.33 bits per heavy atom. The average Bonchev–Trinajstić information content (AvgIpc) is 2.20. The van der Waals surface area contributed by atoms with Crippen LogP contribution in [0.5, 0.6) is 11.5 Å². The molecule has 0 radical (unpaired) electrons. The molecule has 0 aromatic heterocycles. The van der Waals surface area contributed by atoms with Crippen LogP contribution in [0.3, 0.4) is 0 Å². The molecule has 1 aromatic carbocycles. The molecular weight excluding hydrogens is 190 g/mol. The van der Waals surface area contributed by atoms with Crippen LogP contribution in [0.1, 0.15) is 19.4 Å². The maximum atomic E-state index is 5.80. The fourth-order valence-corrected chi connectivity index (χ4v) is 1.55. The van der Waals surface area contributed by atoms with Crippen molar-refractivity contribution in [2.45, 2.75) is 26.3 Å².